The van der Waals surface area contributed by atoms with Crippen molar-refractivity contribution < 1.29 is 14.6 Å². The molecule has 0 saturated heterocycles. The van der Waals surface area contributed by atoms with Crippen LogP contribution in [0.15, 0.2) is 24.3 Å². The van der Waals surface area contributed by atoms with Crippen LogP contribution in [-0.2, 0) is 4.74 Å². The molecule has 0 bridgehead atoms. The Hall–Kier alpha value is -1.29. The molecule has 0 fully saturated rings. The number of ether oxygens (including phenoxy) is 1. The van der Waals surface area contributed by atoms with Crippen molar-refractivity contribution in [3.05, 3.63) is 24.3 Å². The molecule has 146 valence electrons. The summed E-state index contributed by atoms with van der Waals surface area (Å²) in [6.07, 6.45) is 23.1. The van der Waals surface area contributed by atoms with Gasteiger partial charge in [0.2, 0.25) is 0 Å². The van der Waals surface area contributed by atoms with Crippen LogP contribution in [0.3, 0.4) is 0 Å². The van der Waals surface area contributed by atoms with Crippen LogP contribution >= 0.6 is 0 Å². The highest BCUT2D eigenvalue weighted by Crippen LogP contribution is 2.08. The summed E-state index contributed by atoms with van der Waals surface area (Å²) in [7, 11) is 0. The van der Waals surface area contributed by atoms with Gasteiger partial charge in [-0.3, -0.25) is 0 Å². The highest BCUT2D eigenvalue weighted by Gasteiger charge is 1.94. The second-order valence-corrected chi connectivity index (χ2v) is 6.43. The molecule has 0 heterocycles. The van der Waals surface area contributed by atoms with Crippen molar-refractivity contribution >= 4 is 6.09 Å². The number of allylic oxidation sites excluding steroid dienone is 4. The quantitative estimate of drug-likeness (QED) is 0.232. The van der Waals surface area contributed by atoms with E-state index in [1.807, 2.05) is 0 Å². The smallest absolute Gasteiger partial charge is 0.404 e. The van der Waals surface area contributed by atoms with Gasteiger partial charge < -0.3 is 15.2 Å². The second-order valence-electron chi connectivity index (χ2n) is 6.43. The molecule has 2 N–H and O–H groups in total. The molecule has 4 nitrogen and oxygen atoms in total. The van der Waals surface area contributed by atoms with Crippen LogP contribution in [0, 0.1) is 0 Å². The molecule has 25 heavy (non-hydrogen) atoms. The topological polar surface area (TPSA) is 58.6 Å². The standard InChI is InChI=1S/C21H39NO3/c1-2-3-4-5-6-7-8-9-10-11-12-13-14-15-16-17-19-25-20-18-22-21(23)24/h6-7,9-10,22H,2-5,8,11-20H2,1H3,(H,23,24)/b7-6-,10-9-. The van der Waals surface area contributed by atoms with Crippen LogP contribution in [0.25, 0.3) is 0 Å². The maximum Gasteiger partial charge on any atom is 0.404 e. The second kappa shape index (κ2) is 20.8. The first kappa shape index (κ1) is 23.7. The number of hydrogen-bond acceptors (Lipinski definition) is 2. The molecule has 0 aromatic heterocycles. The summed E-state index contributed by atoms with van der Waals surface area (Å²) in [5, 5.41) is 10.7. The molecule has 0 unspecified atom stereocenters. The van der Waals surface area contributed by atoms with Gasteiger partial charge in [0.25, 0.3) is 0 Å². The first-order valence-corrected chi connectivity index (χ1v) is 10.1. The molecule has 0 saturated carbocycles. The van der Waals surface area contributed by atoms with Gasteiger partial charge in [-0.25, -0.2) is 4.79 Å². The number of amides is 1. The lowest BCUT2D eigenvalue weighted by molar-refractivity contribution is 0.128. The predicted molar refractivity (Wildman–Crippen MR) is 106 cm³/mol. The Balaban J connectivity index is 3.13. The summed E-state index contributed by atoms with van der Waals surface area (Å²) in [5.74, 6) is 0. The lowest BCUT2D eigenvalue weighted by Gasteiger charge is -2.04. The van der Waals surface area contributed by atoms with Crippen LogP contribution in [0.2, 0.25) is 0 Å². The zero-order valence-corrected chi connectivity index (χ0v) is 16.2. The maximum atomic E-state index is 10.2. The third kappa shape index (κ3) is 22.7. The molecular weight excluding hydrogens is 314 g/mol. The summed E-state index contributed by atoms with van der Waals surface area (Å²) in [4.78, 5) is 10.2. The van der Waals surface area contributed by atoms with Crippen molar-refractivity contribution in [1.29, 1.82) is 0 Å². The van der Waals surface area contributed by atoms with Gasteiger partial charge in [0.15, 0.2) is 0 Å². The minimum absolute atomic E-state index is 0.373. The molecule has 0 rings (SSSR count). The highest BCUT2D eigenvalue weighted by atomic mass is 16.5. The minimum atomic E-state index is -0.989. The van der Waals surface area contributed by atoms with E-state index in [1.165, 1.54) is 64.2 Å². The summed E-state index contributed by atoms with van der Waals surface area (Å²) >= 11 is 0. The third-order valence-electron chi connectivity index (χ3n) is 4.01. The number of carbonyl (C=O) groups is 1. The van der Waals surface area contributed by atoms with Gasteiger partial charge in [0, 0.05) is 13.2 Å². The van der Waals surface area contributed by atoms with E-state index in [2.05, 4.69) is 36.5 Å². The van der Waals surface area contributed by atoms with E-state index in [0.29, 0.717) is 13.2 Å². The fraction of sp³-hybridized carbons (Fsp3) is 0.762. The normalized spacial score (nSPS) is 11.6. The summed E-state index contributed by atoms with van der Waals surface area (Å²) in [5.41, 5.74) is 0. The van der Waals surface area contributed by atoms with Crippen LogP contribution in [0.5, 0.6) is 0 Å². The van der Waals surface area contributed by atoms with Crippen LogP contribution in [0.4, 0.5) is 4.79 Å². The molecule has 0 radical (unpaired) electrons. The lowest BCUT2D eigenvalue weighted by Crippen LogP contribution is -2.25. The SMILES string of the molecule is CCCCC/C=C\C/C=C\CCCCCCCCOCCNC(=O)O. The number of hydrogen-bond donors (Lipinski definition) is 2. The van der Waals surface area contributed by atoms with Crippen molar-refractivity contribution in [3.63, 3.8) is 0 Å². The maximum absolute atomic E-state index is 10.2. The third-order valence-corrected chi connectivity index (χ3v) is 4.01. The Morgan fingerprint density at radius 1 is 0.840 bits per heavy atom. The van der Waals surface area contributed by atoms with Gasteiger partial charge in [-0.2, -0.15) is 0 Å². The molecule has 0 spiro atoms. The fourth-order valence-corrected chi connectivity index (χ4v) is 2.52. The first-order valence-electron chi connectivity index (χ1n) is 10.1. The van der Waals surface area contributed by atoms with Gasteiger partial charge in [0.1, 0.15) is 0 Å². The Kier molecular flexibility index (Phi) is 19.7. The molecular formula is C21H39NO3. The first-order chi connectivity index (χ1) is 12.3. The Bertz CT molecular complexity index is 340. The Labute approximate surface area is 154 Å². The minimum Gasteiger partial charge on any atom is -0.465 e. The van der Waals surface area contributed by atoms with E-state index in [9.17, 15) is 4.79 Å². The van der Waals surface area contributed by atoms with E-state index in [-0.39, 0.29) is 0 Å². The molecule has 4 heteroatoms. The monoisotopic (exact) mass is 353 g/mol. The zero-order chi connectivity index (χ0) is 18.4. The average molecular weight is 354 g/mol. The molecule has 0 aromatic rings. The van der Waals surface area contributed by atoms with E-state index >= 15 is 0 Å². The molecule has 0 aliphatic rings. The Morgan fingerprint density at radius 3 is 2.08 bits per heavy atom. The summed E-state index contributed by atoms with van der Waals surface area (Å²) in [6, 6.07) is 0. The number of rotatable bonds is 18. The van der Waals surface area contributed by atoms with Gasteiger partial charge in [-0.15, -0.1) is 0 Å². The molecule has 0 aliphatic carbocycles. The number of carboxylic acid groups (broad SMARTS) is 1. The van der Waals surface area contributed by atoms with Crippen molar-refractivity contribution in [3.8, 4) is 0 Å². The summed E-state index contributed by atoms with van der Waals surface area (Å²) in [6.45, 7) is 3.81. The largest absolute Gasteiger partial charge is 0.465 e. The molecule has 1 amide bonds. The van der Waals surface area contributed by atoms with Crippen LogP contribution < -0.4 is 5.32 Å². The van der Waals surface area contributed by atoms with Crippen molar-refractivity contribution in [1.82, 2.24) is 5.32 Å². The van der Waals surface area contributed by atoms with Gasteiger partial charge in [-0.1, -0.05) is 69.8 Å². The van der Waals surface area contributed by atoms with E-state index in [0.717, 1.165) is 19.4 Å². The molecule has 0 aromatic carbocycles. The van der Waals surface area contributed by atoms with Gasteiger partial charge >= 0.3 is 6.09 Å². The number of nitrogens with one attached hydrogen (secondary N) is 1. The van der Waals surface area contributed by atoms with Gasteiger partial charge in [0.05, 0.1) is 6.61 Å². The Morgan fingerprint density at radius 2 is 1.44 bits per heavy atom. The summed E-state index contributed by atoms with van der Waals surface area (Å²) < 4.78 is 5.36. The fourth-order valence-electron chi connectivity index (χ4n) is 2.52. The van der Waals surface area contributed by atoms with Crippen molar-refractivity contribution in [2.24, 2.45) is 0 Å². The zero-order valence-electron chi connectivity index (χ0n) is 16.2. The van der Waals surface area contributed by atoms with Gasteiger partial charge in [-0.05, 0) is 38.5 Å². The molecule has 0 aliphatic heterocycles. The highest BCUT2D eigenvalue weighted by molar-refractivity contribution is 5.64. The van der Waals surface area contributed by atoms with E-state index in [1.54, 1.807) is 0 Å². The number of unbranched alkanes of at least 4 members (excludes halogenated alkanes) is 9. The average Bonchev–Trinajstić information content (AvgIpc) is 2.60. The van der Waals surface area contributed by atoms with Crippen LogP contribution in [-0.4, -0.2) is 31.0 Å². The van der Waals surface area contributed by atoms with E-state index in [4.69, 9.17) is 9.84 Å². The van der Waals surface area contributed by atoms with E-state index < -0.39 is 6.09 Å². The van der Waals surface area contributed by atoms with Crippen LogP contribution in [0.1, 0.15) is 84.0 Å². The van der Waals surface area contributed by atoms with Crippen molar-refractivity contribution in [2.75, 3.05) is 19.8 Å². The lowest BCUT2D eigenvalue weighted by atomic mass is 10.1. The van der Waals surface area contributed by atoms with Crippen molar-refractivity contribution in [2.45, 2.75) is 84.0 Å². The molecule has 0 atom stereocenters. The predicted octanol–water partition coefficient (Wildman–Crippen LogP) is 6.08.